The monoisotopic (exact) mass is 623 g/mol. The van der Waals surface area contributed by atoms with Crippen molar-refractivity contribution in [3.8, 4) is 22.8 Å². The zero-order valence-corrected chi connectivity index (χ0v) is 24.3. The Labute approximate surface area is 254 Å². The second-order valence-electron chi connectivity index (χ2n) is 9.14. The minimum absolute atomic E-state index is 0.0496. The number of carbonyl (C=O) groups is 1. The van der Waals surface area contributed by atoms with Crippen molar-refractivity contribution in [3.63, 3.8) is 0 Å². The Balaban J connectivity index is 1.20. The molecule has 0 saturated carbocycles. The highest BCUT2D eigenvalue weighted by atomic mass is 32.2. The van der Waals surface area contributed by atoms with E-state index in [-0.39, 0.29) is 22.5 Å². The summed E-state index contributed by atoms with van der Waals surface area (Å²) in [5.74, 6) is 0.349. The zero-order valence-electron chi connectivity index (χ0n) is 22.7. The Morgan fingerprint density at radius 2 is 1.86 bits per heavy atom. The molecule has 1 N–H and O–H groups in total. The van der Waals surface area contributed by atoms with E-state index in [9.17, 15) is 18.0 Å². The number of amidine groups is 1. The normalized spacial score (nSPS) is 14.6. The molecule has 14 heteroatoms. The highest BCUT2D eigenvalue weighted by Crippen LogP contribution is 2.30. The van der Waals surface area contributed by atoms with Gasteiger partial charge in [0.2, 0.25) is 11.0 Å². The van der Waals surface area contributed by atoms with Crippen LogP contribution < -0.4 is 15.1 Å². The van der Waals surface area contributed by atoms with Crippen molar-refractivity contribution in [1.29, 1.82) is 0 Å². The van der Waals surface area contributed by atoms with E-state index in [2.05, 4.69) is 37.3 Å². The number of thiocarbonyl (C=S) groups is 1. The first-order valence-corrected chi connectivity index (χ1v) is 14.4. The van der Waals surface area contributed by atoms with E-state index in [1.54, 1.807) is 11.1 Å². The summed E-state index contributed by atoms with van der Waals surface area (Å²) >= 11 is 6.68. The molecule has 1 fully saturated rings. The number of aliphatic imine (C=N–C) groups is 1. The molecule has 5 rings (SSSR count). The fourth-order valence-electron chi connectivity index (χ4n) is 4.20. The van der Waals surface area contributed by atoms with Gasteiger partial charge in [-0.15, -0.1) is 18.3 Å². The second-order valence-corrected chi connectivity index (χ2v) is 10.5. The molecule has 4 aromatic rings. The number of alkyl halides is 3. The maximum Gasteiger partial charge on any atom is 0.573 e. The summed E-state index contributed by atoms with van der Waals surface area (Å²) in [7, 11) is 0. The number of hydrogen-bond donors (Lipinski definition) is 1. The topological polar surface area (TPSA) is 97.0 Å². The number of amides is 1. The van der Waals surface area contributed by atoms with Crippen LogP contribution in [-0.2, 0) is 11.2 Å². The van der Waals surface area contributed by atoms with Crippen molar-refractivity contribution < 1.29 is 22.7 Å². The van der Waals surface area contributed by atoms with Crippen LogP contribution in [0.25, 0.3) is 17.1 Å². The van der Waals surface area contributed by atoms with Crippen molar-refractivity contribution >= 4 is 52.1 Å². The van der Waals surface area contributed by atoms with E-state index in [1.165, 1.54) is 47.0 Å². The summed E-state index contributed by atoms with van der Waals surface area (Å²) in [6.45, 7) is 2.09. The molecule has 1 aromatic heterocycles. The third-order valence-corrected chi connectivity index (χ3v) is 7.19. The maximum absolute atomic E-state index is 12.7. The molecule has 0 atom stereocenters. The molecule has 0 spiro atoms. The number of para-hydroxylation sites is 1. The van der Waals surface area contributed by atoms with Crippen LogP contribution in [0.5, 0.6) is 5.75 Å². The predicted octanol–water partition coefficient (Wildman–Crippen LogP) is 6.13. The molecule has 43 heavy (non-hydrogen) atoms. The van der Waals surface area contributed by atoms with Gasteiger partial charge in [-0.25, -0.2) is 9.67 Å². The number of aromatic nitrogens is 3. The Kier molecular flexibility index (Phi) is 9.16. The maximum atomic E-state index is 12.7. The first-order chi connectivity index (χ1) is 20.7. The van der Waals surface area contributed by atoms with Crippen LogP contribution in [0.15, 0.2) is 89.2 Å². The molecule has 1 aliphatic heterocycles. The number of nitrogens with zero attached hydrogens (tertiary/aromatic N) is 6. The fraction of sp³-hybridized carbons (Fsp3) is 0.172. The smallest absolute Gasteiger partial charge is 0.406 e. The number of halogens is 3. The highest BCUT2D eigenvalue weighted by Gasteiger charge is 2.32. The van der Waals surface area contributed by atoms with Crippen molar-refractivity contribution in [2.45, 2.75) is 26.1 Å². The number of rotatable bonds is 8. The lowest BCUT2D eigenvalue weighted by Gasteiger charge is -2.19. The van der Waals surface area contributed by atoms with Crippen LogP contribution in [-0.4, -0.2) is 49.3 Å². The number of benzene rings is 3. The summed E-state index contributed by atoms with van der Waals surface area (Å²) in [6.07, 6.45) is 0.0916. The minimum atomic E-state index is -4.76. The fourth-order valence-corrected chi connectivity index (χ4v) is 5.27. The Morgan fingerprint density at radius 3 is 2.58 bits per heavy atom. The molecule has 220 valence electrons. The van der Waals surface area contributed by atoms with Crippen molar-refractivity contribution in [1.82, 2.24) is 20.2 Å². The Hall–Kier alpha value is -4.56. The van der Waals surface area contributed by atoms with E-state index in [4.69, 9.17) is 12.2 Å². The third kappa shape index (κ3) is 7.64. The lowest BCUT2D eigenvalue weighted by Crippen LogP contribution is -2.31. The number of thioether (sulfide) groups is 1. The van der Waals surface area contributed by atoms with Gasteiger partial charge in [0.25, 0.3) is 0 Å². The number of nitrogens with one attached hydrogen (secondary N) is 1. The molecule has 0 radical (unpaired) electrons. The van der Waals surface area contributed by atoms with Gasteiger partial charge in [-0.05, 0) is 60.1 Å². The van der Waals surface area contributed by atoms with Crippen molar-refractivity contribution in [2.24, 2.45) is 10.1 Å². The van der Waals surface area contributed by atoms with Crippen LogP contribution >= 0.6 is 24.0 Å². The quantitative estimate of drug-likeness (QED) is 0.143. The van der Waals surface area contributed by atoms with E-state index in [0.29, 0.717) is 16.7 Å². The van der Waals surface area contributed by atoms with E-state index in [0.717, 1.165) is 35.2 Å². The summed E-state index contributed by atoms with van der Waals surface area (Å²) in [5.41, 5.74) is 6.65. The first kappa shape index (κ1) is 29.9. The summed E-state index contributed by atoms with van der Waals surface area (Å²) in [5, 5.41) is 9.20. The number of hydrazone groups is 1. The predicted molar refractivity (Wildman–Crippen MR) is 165 cm³/mol. The van der Waals surface area contributed by atoms with Gasteiger partial charge in [-0.2, -0.15) is 10.1 Å². The van der Waals surface area contributed by atoms with Crippen LogP contribution in [0.1, 0.15) is 24.5 Å². The number of ether oxygens (including phenoxy) is 1. The summed E-state index contributed by atoms with van der Waals surface area (Å²) < 4.78 is 42.5. The van der Waals surface area contributed by atoms with E-state index < -0.39 is 6.36 Å². The zero-order chi connectivity index (χ0) is 30.4. The minimum Gasteiger partial charge on any atom is -0.406 e. The van der Waals surface area contributed by atoms with E-state index >= 15 is 0 Å². The van der Waals surface area contributed by atoms with Gasteiger partial charge in [-0.1, -0.05) is 67.6 Å². The van der Waals surface area contributed by atoms with Gasteiger partial charge >= 0.3 is 6.36 Å². The molecule has 1 amide bonds. The molecule has 1 aliphatic rings. The van der Waals surface area contributed by atoms with Crippen LogP contribution in [0, 0.1) is 0 Å². The standard InChI is InChI=1S/C29H24F3N7O2S2/c1-2-5-20-6-3-4-7-24(20)39-25(40)17-43-28(39)35-27(42)36-34-16-19-8-10-21(11-9-19)26-33-18-38(37-26)22-12-14-23(15-13-22)41-29(30,31)32/h3-4,6-16,18H,2,5,17H2,1H3,(H,36,42)/b34-16+,35-28-. The Bertz CT molecular complexity index is 1670. The largest absolute Gasteiger partial charge is 0.573 e. The SMILES string of the molecule is CCCc1ccccc1N1C(=O)CS/C1=N\C(=S)N/N=C/c1ccc(-c2ncn(-c3ccc(OC(F)(F)F)cc3)n2)cc1. The van der Waals surface area contributed by atoms with Gasteiger partial charge in [0.15, 0.2) is 11.0 Å². The van der Waals surface area contributed by atoms with Crippen molar-refractivity contribution in [3.05, 3.63) is 90.3 Å². The van der Waals surface area contributed by atoms with Gasteiger partial charge in [-0.3, -0.25) is 15.1 Å². The molecule has 0 unspecified atom stereocenters. The highest BCUT2D eigenvalue weighted by molar-refractivity contribution is 8.15. The van der Waals surface area contributed by atoms with E-state index in [1.807, 2.05) is 48.5 Å². The average molecular weight is 624 g/mol. The molecule has 0 bridgehead atoms. The van der Waals surface area contributed by atoms with Gasteiger partial charge in [0, 0.05) is 5.56 Å². The number of anilines is 1. The third-order valence-electron chi connectivity index (χ3n) is 6.08. The summed E-state index contributed by atoms with van der Waals surface area (Å²) in [6, 6.07) is 20.4. The second kappa shape index (κ2) is 13.2. The van der Waals surface area contributed by atoms with Crippen LogP contribution in [0.3, 0.4) is 0 Å². The number of hydrogen-bond acceptors (Lipinski definition) is 7. The van der Waals surface area contributed by atoms with Crippen molar-refractivity contribution in [2.75, 3.05) is 10.7 Å². The molecule has 3 aromatic carbocycles. The molecule has 1 saturated heterocycles. The number of aryl methyl sites for hydroxylation is 1. The molecular formula is C29H24F3N7O2S2. The summed E-state index contributed by atoms with van der Waals surface area (Å²) in [4.78, 5) is 23.0. The lowest BCUT2D eigenvalue weighted by atomic mass is 10.1. The molecule has 0 aliphatic carbocycles. The first-order valence-electron chi connectivity index (χ1n) is 13.0. The average Bonchev–Trinajstić information content (AvgIpc) is 3.61. The Morgan fingerprint density at radius 1 is 1.12 bits per heavy atom. The number of carbonyl (C=O) groups excluding carboxylic acids is 1. The van der Waals surface area contributed by atoms with Gasteiger partial charge in [0.05, 0.1) is 23.3 Å². The van der Waals surface area contributed by atoms with Crippen LogP contribution in [0.2, 0.25) is 0 Å². The molecule has 9 nitrogen and oxygen atoms in total. The lowest BCUT2D eigenvalue weighted by molar-refractivity contribution is -0.274. The molecule has 2 heterocycles. The van der Waals surface area contributed by atoms with Gasteiger partial charge < -0.3 is 4.74 Å². The molecular weight excluding hydrogens is 599 g/mol. The van der Waals surface area contributed by atoms with Gasteiger partial charge in [0.1, 0.15) is 12.1 Å². The van der Waals surface area contributed by atoms with Crippen LogP contribution in [0.4, 0.5) is 18.9 Å².